The average molecular weight is 256 g/mol. The molecule has 0 unspecified atom stereocenters. The molecule has 0 aromatic heterocycles. The molecule has 2 heterocycles. The highest BCUT2D eigenvalue weighted by atomic mass is 16.5. The Morgan fingerprint density at radius 3 is 2.58 bits per heavy atom. The molecule has 2 aliphatic heterocycles. The monoisotopic (exact) mass is 256 g/mol. The summed E-state index contributed by atoms with van der Waals surface area (Å²) in [5.74, 6) is 2.86. The number of ether oxygens (including phenoxy) is 3. The smallest absolute Gasteiger partial charge is 0.142 e. The lowest BCUT2D eigenvalue weighted by Crippen LogP contribution is -2.27. The van der Waals surface area contributed by atoms with Gasteiger partial charge in [0.25, 0.3) is 0 Å². The highest BCUT2D eigenvalue weighted by molar-refractivity contribution is 5.79. The van der Waals surface area contributed by atoms with Gasteiger partial charge in [0.1, 0.15) is 28.6 Å². The van der Waals surface area contributed by atoms with Gasteiger partial charge in [-0.05, 0) is 38.2 Å². The second-order valence-corrected chi connectivity index (χ2v) is 5.17. The molecular weight excluding hydrogens is 240 g/mol. The van der Waals surface area contributed by atoms with Crippen molar-refractivity contribution in [3.63, 3.8) is 0 Å². The van der Waals surface area contributed by atoms with Crippen molar-refractivity contribution in [3.8, 4) is 17.2 Å². The minimum atomic E-state index is -0.326. The Kier molecular flexibility index (Phi) is 2.45. The zero-order valence-corrected chi connectivity index (χ0v) is 11.3. The maximum atomic E-state index is 5.96. The van der Waals surface area contributed by atoms with Crippen molar-refractivity contribution in [2.24, 2.45) is 0 Å². The van der Waals surface area contributed by atoms with E-state index in [9.17, 15) is 0 Å². The third-order valence-electron chi connectivity index (χ3n) is 3.19. The van der Waals surface area contributed by atoms with Gasteiger partial charge in [0.05, 0.1) is 18.2 Å². The van der Waals surface area contributed by atoms with Crippen LogP contribution >= 0.6 is 0 Å². The maximum absolute atomic E-state index is 5.96. The molecule has 19 heavy (non-hydrogen) atoms. The Morgan fingerprint density at radius 1 is 1.11 bits per heavy atom. The van der Waals surface area contributed by atoms with E-state index in [2.05, 4.69) is 6.58 Å². The van der Waals surface area contributed by atoms with E-state index in [1.807, 2.05) is 44.2 Å². The van der Waals surface area contributed by atoms with Gasteiger partial charge in [0.15, 0.2) is 0 Å². The Bertz CT molecular complexity index is 621. The first-order valence-electron chi connectivity index (χ1n) is 6.18. The van der Waals surface area contributed by atoms with Crippen molar-refractivity contribution in [1.29, 1.82) is 0 Å². The molecule has 0 spiro atoms. The molecule has 0 fully saturated rings. The van der Waals surface area contributed by atoms with Crippen LogP contribution in [-0.4, -0.2) is 12.7 Å². The van der Waals surface area contributed by atoms with Gasteiger partial charge in [-0.1, -0.05) is 6.58 Å². The summed E-state index contributed by atoms with van der Waals surface area (Å²) < 4.78 is 17.1. The van der Waals surface area contributed by atoms with Crippen LogP contribution < -0.4 is 14.2 Å². The Balaban J connectivity index is 2.22. The fourth-order valence-corrected chi connectivity index (χ4v) is 2.30. The topological polar surface area (TPSA) is 27.7 Å². The summed E-state index contributed by atoms with van der Waals surface area (Å²) in [4.78, 5) is 0. The fourth-order valence-electron chi connectivity index (χ4n) is 2.30. The van der Waals surface area contributed by atoms with Gasteiger partial charge in [-0.3, -0.25) is 0 Å². The van der Waals surface area contributed by atoms with Crippen LogP contribution in [0.2, 0.25) is 0 Å². The second-order valence-electron chi connectivity index (χ2n) is 5.17. The van der Waals surface area contributed by atoms with Crippen LogP contribution in [0.1, 0.15) is 25.0 Å². The van der Waals surface area contributed by atoms with Gasteiger partial charge in [-0.15, -0.1) is 0 Å². The van der Waals surface area contributed by atoms with Crippen molar-refractivity contribution in [2.45, 2.75) is 19.4 Å². The molecule has 0 saturated carbocycles. The lowest BCUT2D eigenvalue weighted by molar-refractivity contribution is 0.157. The van der Waals surface area contributed by atoms with E-state index in [1.54, 1.807) is 7.11 Å². The summed E-state index contributed by atoms with van der Waals surface area (Å²) in [5.41, 5.74) is 1.54. The largest absolute Gasteiger partial charge is 0.495 e. The molecule has 0 radical (unpaired) electrons. The Hall–Kier alpha value is -2.16. The molecular formula is C16H16O3. The second kappa shape index (κ2) is 3.92. The molecule has 1 aromatic rings. The van der Waals surface area contributed by atoms with Crippen molar-refractivity contribution >= 4 is 12.2 Å². The summed E-state index contributed by atoms with van der Waals surface area (Å²) in [6, 6.07) is 1.90. The first-order chi connectivity index (χ1) is 9.00. The van der Waals surface area contributed by atoms with Crippen molar-refractivity contribution in [3.05, 3.63) is 41.7 Å². The SMILES string of the molecule is C=C1C=Cc2c(cc3c(c2OC)C=CC(C)(C)O3)O1. The van der Waals surface area contributed by atoms with Crippen LogP contribution in [-0.2, 0) is 0 Å². The normalized spacial score (nSPS) is 18.2. The lowest BCUT2D eigenvalue weighted by atomic mass is 9.98. The fraction of sp³-hybridized carbons (Fsp3) is 0.250. The van der Waals surface area contributed by atoms with Crippen molar-refractivity contribution in [2.75, 3.05) is 7.11 Å². The van der Waals surface area contributed by atoms with Gasteiger partial charge < -0.3 is 14.2 Å². The zero-order chi connectivity index (χ0) is 13.6. The molecule has 0 bridgehead atoms. The van der Waals surface area contributed by atoms with Crippen LogP contribution in [0.4, 0.5) is 0 Å². The maximum Gasteiger partial charge on any atom is 0.142 e. The molecule has 0 amide bonds. The molecule has 3 rings (SSSR count). The van der Waals surface area contributed by atoms with E-state index < -0.39 is 0 Å². The van der Waals surface area contributed by atoms with Crippen molar-refractivity contribution in [1.82, 2.24) is 0 Å². The van der Waals surface area contributed by atoms with Gasteiger partial charge in [0.2, 0.25) is 0 Å². The third kappa shape index (κ3) is 1.91. The molecule has 3 heteroatoms. The summed E-state index contributed by atoms with van der Waals surface area (Å²) >= 11 is 0. The molecule has 0 aliphatic carbocycles. The van der Waals surface area contributed by atoms with Crippen LogP contribution in [0.3, 0.4) is 0 Å². The van der Waals surface area contributed by atoms with E-state index in [0.717, 1.165) is 22.6 Å². The van der Waals surface area contributed by atoms with Gasteiger partial charge in [-0.25, -0.2) is 0 Å². The number of hydrogen-bond donors (Lipinski definition) is 0. The average Bonchev–Trinajstić information content (AvgIpc) is 2.34. The predicted octanol–water partition coefficient (Wildman–Crippen LogP) is 3.80. The van der Waals surface area contributed by atoms with E-state index >= 15 is 0 Å². The van der Waals surface area contributed by atoms with E-state index in [0.29, 0.717) is 11.5 Å². The number of hydrogen-bond acceptors (Lipinski definition) is 3. The summed E-state index contributed by atoms with van der Waals surface area (Å²) in [6.45, 7) is 7.83. The summed E-state index contributed by atoms with van der Waals surface area (Å²) in [6.07, 6.45) is 7.84. The van der Waals surface area contributed by atoms with Crippen LogP contribution in [0, 0.1) is 0 Å². The molecule has 1 aromatic carbocycles. The quantitative estimate of drug-likeness (QED) is 0.765. The first kappa shape index (κ1) is 11.9. The predicted molar refractivity (Wildman–Crippen MR) is 75.5 cm³/mol. The summed E-state index contributed by atoms with van der Waals surface area (Å²) in [5, 5.41) is 0. The number of allylic oxidation sites excluding steroid dienone is 1. The minimum absolute atomic E-state index is 0.326. The number of fused-ring (bicyclic) bond motifs is 2. The molecule has 98 valence electrons. The highest BCUT2D eigenvalue weighted by Gasteiger charge is 2.27. The molecule has 2 aliphatic rings. The van der Waals surface area contributed by atoms with Crippen LogP contribution in [0.15, 0.2) is 30.6 Å². The van der Waals surface area contributed by atoms with E-state index in [1.165, 1.54) is 0 Å². The molecule has 0 saturated heterocycles. The lowest BCUT2D eigenvalue weighted by Gasteiger charge is -2.30. The molecule has 0 atom stereocenters. The van der Waals surface area contributed by atoms with Crippen molar-refractivity contribution < 1.29 is 14.2 Å². The standard InChI is InChI=1S/C16H16O3/c1-10-5-6-11-13(18-10)9-14-12(15(11)17-4)7-8-16(2,3)19-14/h5-9H,1H2,2-4H3. The highest BCUT2D eigenvalue weighted by Crippen LogP contribution is 2.45. The Morgan fingerprint density at radius 2 is 1.84 bits per heavy atom. The zero-order valence-electron chi connectivity index (χ0n) is 11.3. The molecule has 0 N–H and O–H groups in total. The number of rotatable bonds is 1. The number of methoxy groups -OCH3 is 1. The van der Waals surface area contributed by atoms with Crippen LogP contribution in [0.25, 0.3) is 12.2 Å². The minimum Gasteiger partial charge on any atom is -0.495 e. The van der Waals surface area contributed by atoms with Gasteiger partial charge in [-0.2, -0.15) is 0 Å². The van der Waals surface area contributed by atoms with Crippen LogP contribution in [0.5, 0.6) is 17.2 Å². The number of benzene rings is 1. The van der Waals surface area contributed by atoms with Gasteiger partial charge in [0, 0.05) is 6.07 Å². The van der Waals surface area contributed by atoms with E-state index in [4.69, 9.17) is 14.2 Å². The molecule has 3 nitrogen and oxygen atoms in total. The van der Waals surface area contributed by atoms with E-state index in [-0.39, 0.29) is 5.60 Å². The Labute approximate surface area is 112 Å². The third-order valence-corrected chi connectivity index (χ3v) is 3.19. The summed E-state index contributed by atoms with van der Waals surface area (Å²) in [7, 11) is 1.65. The first-order valence-corrected chi connectivity index (χ1v) is 6.18. The van der Waals surface area contributed by atoms with Gasteiger partial charge >= 0.3 is 0 Å².